The molecular weight excluding hydrogens is 374 g/mol. The Morgan fingerprint density at radius 1 is 1.04 bits per heavy atom. The number of rotatable bonds is 4. The van der Waals surface area contributed by atoms with E-state index in [9.17, 15) is 9.90 Å². The number of benzene rings is 2. The van der Waals surface area contributed by atoms with Gasteiger partial charge in [0.25, 0.3) is 5.91 Å². The van der Waals surface area contributed by atoms with Crippen LogP contribution in [0.1, 0.15) is 15.2 Å². The fraction of sp³-hybridized carbons (Fsp3) is 0.0556. The van der Waals surface area contributed by atoms with Gasteiger partial charge in [-0.15, -0.1) is 11.3 Å². The van der Waals surface area contributed by atoms with Gasteiger partial charge < -0.3 is 10.4 Å². The SMILES string of the molecule is O=C(NCc1cc(Br)cs1)c1ccc(-c2ccc(O)cc2)cc1. The van der Waals surface area contributed by atoms with E-state index >= 15 is 0 Å². The molecule has 1 amide bonds. The van der Waals surface area contributed by atoms with Crippen LogP contribution in [0.2, 0.25) is 0 Å². The molecule has 3 nitrogen and oxygen atoms in total. The van der Waals surface area contributed by atoms with E-state index in [0.29, 0.717) is 12.1 Å². The van der Waals surface area contributed by atoms with Crippen LogP contribution in [0.25, 0.3) is 11.1 Å². The third kappa shape index (κ3) is 4.00. The highest BCUT2D eigenvalue weighted by Crippen LogP contribution is 2.22. The van der Waals surface area contributed by atoms with E-state index in [4.69, 9.17) is 0 Å². The van der Waals surface area contributed by atoms with Gasteiger partial charge in [0.1, 0.15) is 5.75 Å². The molecule has 2 aromatic carbocycles. The lowest BCUT2D eigenvalue weighted by Crippen LogP contribution is -2.22. The van der Waals surface area contributed by atoms with Gasteiger partial charge in [-0.1, -0.05) is 24.3 Å². The summed E-state index contributed by atoms with van der Waals surface area (Å²) in [6.45, 7) is 0.523. The number of phenols is 1. The first-order valence-electron chi connectivity index (χ1n) is 7.02. The summed E-state index contributed by atoms with van der Waals surface area (Å²) in [5, 5.41) is 14.2. The second kappa shape index (κ2) is 6.98. The second-order valence-electron chi connectivity index (χ2n) is 5.04. The van der Waals surface area contributed by atoms with Gasteiger partial charge in [-0.3, -0.25) is 4.79 Å². The topological polar surface area (TPSA) is 49.3 Å². The van der Waals surface area contributed by atoms with Crippen LogP contribution >= 0.6 is 27.3 Å². The van der Waals surface area contributed by atoms with Gasteiger partial charge in [0, 0.05) is 20.3 Å². The summed E-state index contributed by atoms with van der Waals surface area (Å²) in [4.78, 5) is 13.3. The summed E-state index contributed by atoms with van der Waals surface area (Å²) in [7, 11) is 0. The molecule has 116 valence electrons. The van der Waals surface area contributed by atoms with Crippen molar-refractivity contribution in [2.45, 2.75) is 6.54 Å². The van der Waals surface area contributed by atoms with Crippen molar-refractivity contribution in [2.24, 2.45) is 0 Å². The summed E-state index contributed by atoms with van der Waals surface area (Å²) in [5.41, 5.74) is 2.63. The molecule has 3 aromatic rings. The van der Waals surface area contributed by atoms with Crippen LogP contribution in [0, 0.1) is 0 Å². The number of amides is 1. The first-order chi connectivity index (χ1) is 11.1. The van der Waals surface area contributed by atoms with Gasteiger partial charge in [-0.25, -0.2) is 0 Å². The molecule has 0 atom stereocenters. The number of nitrogens with one attached hydrogen (secondary N) is 1. The zero-order valence-corrected chi connectivity index (χ0v) is 14.5. The van der Waals surface area contributed by atoms with Gasteiger partial charge in [0.15, 0.2) is 0 Å². The highest BCUT2D eigenvalue weighted by molar-refractivity contribution is 9.10. The smallest absolute Gasteiger partial charge is 0.251 e. The minimum atomic E-state index is -0.0909. The first kappa shape index (κ1) is 15.8. The van der Waals surface area contributed by atoms with Crippen molar-refractivity contribution in [3.63, 3.8) is 0 Å². The lowest BCUT2D eigenvalue weighted by atomic mass is 10.0. The zero-order valence-electron chi connectivity index (χ0n) is 12.1. The number of hydrogen-bond acceptors (Lipinski definition) is 3. The number of aromatic hydroxyl groups is 1. The fourth-order valence-electron chi connectivity index (χ4n) is 2.18. The molecule has 0 bridgehead atoms. The van der Waals surface area contributed by atoms with Crippen LogP contribution in [-0.4, -0.2) is 11.0 Å². The molecular formula is C18H14BrNO2S. The van der Waals surface area contributed by atoms with Crippen molar-refractivity contribution in [1.29, 1.82) is 0 Å². The van der Waals surface area contributed by atoms with Gasteiger partial charge in [-0.2, -0.15) is 0 Å². The monoisotopic (exact) mass is 387 g/mol. The number of thiophene rings is 1. The molecule has 0 unspecified atom stereocenters. The van der Waals surface area contributed by atoms with E-state index in [1.165, 1.54) is 0 Å². The molecule has 0 aliphatic heterocycles. The Labute approximate surface area is 146 Å². The van der Waals surface area contributed by atoms with Gasteiger partial charge in [0.05, 0.1) is 6.54 Å². The number of carbonyl (C=O) groups is 1. The lowest BCUT2D eigenvalue weighted by molar-refractivity contribution is 0.0951. The van der Waals surface area contributed by atoms with Crippen molar-refractivity contribution in [3.8, 4) is 16.9 Å². The maximum Gasteiger partial charge on any atom is 0.251 e. The molecule has 2 N–H and O–H groups in total. The predicted octanol–water partition coefficient (Wildman–Crippen LogP) is 4.81. The Balaban J connectivity index is 1.66. The minimum Gasteiger partial charge on any atom is -0.508 e. The van der Waals surface area contributed by atoms with Crippen molar-refractivity contribution in [1.82, 2.24) is 5.32 Å². The molecule has 3 rings (SSSR count). The van der Waals surface area contributed by atoms with Gasteiger partial charge in [-0.05, 0) is 57.4 Å². The fourth-order valence-corrected chi connectivity index (χ4v) is 3.57. The number of phenolic OH excluding ortho intramolecular Hbond substituents is 1. The molecule has 0 saturated carbocycles. The Morgan fingerprint density at radius 2 is 1.65 bits per heavy atom. The summed E-state index contributed by atoms with van der Waals surface area (Å²) in [6.07, 6.45) is 0. The van der Waals surface area contributed by atoms with Gasteiger partial charge in [0.2, 0.25) is 0 Å². The lowest BCUT2D eigenvalue weighted by Gasteiger charge is -2.06. The van der Waals surface area contributed by atoms with Crippen LogP contribution < -0.4 is 5.32 Å². The third-order valence-electron chi connectivity index (χ3n) is 3.39. The number of halogens is 1. The Kier molecular flexibility index (Phi) is 4.79. The standard InChI is InChI=1S/C18H14BrNO2S/c19-15-9-17(23-11-15)10-20-18(22)14-3-1-12(2-4-14)13-5-7-16(21)8-6-13/h1-9,11,21H,10H2,(H,20,22). The molecule has 0 fully saturated rings. The Morgan fingerprint density at radius 3 is 2.22 bits per heavy atom. The number of carbonyl (C=O) groups excluding carboxylic acids is 1. The molecule has 0 aliphatic carbocycles. The van der Waals surface area contributed by atoms with E-state index in [2.05, 4.69) is 21.2 Å². The molecule has 0 spiro atoms. The quantitative estimate of drug-likeness (QED) is 0.674. The largest absolute Gasteiger partial charge is 0.508 e. The van der Waals surface area contributed by atoms with Gasteiger partial charge >= 0.3 is 0 Å². The summed E-state index contributed by atoms with van der Waals surface area (Å²) < 4.78 is 1.03. The highest BCUT2D eigenvalue weighted by atomic mass is 79.9. The van der Waals surface area contributed by atoms with E-state index in [1.807, 2.05) is 47.8 Å². The van der Waals surface area contributed by atoms with E-state index in [0.717, 1.165) is 20.5 Å². The molecule has 5 heteroatoms. The molecule has 1 aromatic heterocycles. The molecule has 23 heavy (non-hydrogen) atoms. The minimum absolute atomic E-state index is 0.0909. The first-order valence-corrected chi connectivity index (χ1v) is 8.70. The summed E-state index contributed by atoms with van der Waals surface area (Å²) >= 11 is 5.01. The van der Waals surface area contributed by atoms with Crippen LogP contribution in [0.15, 0.2) is 64.5 Å². The van der Waals surface area contributed by atoms with Crippen molar-refractivity contribution >= 4 is 33.2 Å². The van der Waals surface area contributed by atoms with E-state index < -0.39 is 0 Å². The van der Waals surface area contributed by atoms with Crippen molar-refractivity contribution < 1.29 is 9.90 Å². The maximum absolute atomic E-state index is 12.2. The molecule has 0 saturated heterocycles. The van der Waals surface area contributed by atoms with Crippen molar-refractivity contribution in [2.75, 3.05) is 0 Å². The normalized spacial score (nSPS) is 10.5. The average molecular weight is 388 g/mol. The average Bonchev–Trinajstić information content (AvgIpc) is 2.99. The van der Waals surface area contributed by atoms with Crippen LogP contribution in [0.3, 0.4) is 0 Å². The summed E-state index contributed by atoms with van der Waals surface area (Å²) in [5.74, 6) is 0.150. The Hall–Kier alpha value is -2.11. The molecule has 0 radical (unpaired) electrons. The van der Waals surface area contributed by atoms with E-state index in [-0.39, 0.29) is 11.7 Å². The zero-order chi connectivity index (χ0) is 16.2. The van der Waals surface area contributed by atoms with Crippen LogP contribution in [0.4, 0.5) is 0 Å². The Bertz CT molecular complexity index is 810. The molecule has 0 aliphatic rings. The number of hydrogen-bond donors (Lipinski definition) is 2. The van der Waals surface area contributed by atoms with E-state index in [1.54, 1.807) is 23.5 Å². The van der Waals surface area contributed by atoms with Crippen LogP contribution in [-0.2, 0) is 6.54 Å². The second-order valence-corrected chi connectivity index (χ2v) is 6.95. The highest BCUT2D eigenvalue weighted by Gasteiger charge is 2.07. The molecule has 1 heterocycles. The predicted molar refractivity (Wildman–Crippen MR) is 96.7 cm³/mol. The van der Waals surface area contributed by atoms with Crippen LogP contribution in [0.5, 0.6) is 5.75 Å². The maximum atomic E-state index is 12.2. The van der Waals surface area contributed by atoms with Crippen molar-refractivity contribution in [3.05, 3.63) is 74.9 Å². The summed E-state index contributed by atoms with van der Waals surface area (Å²) in [6, 6.07) is 16.4. The third-order valence-corrected chi connectivity index (χ3v) is 5.09.